The van der Waals surface area contributed by atoms with Gasteiger partial charge in [-0.15, -0.1) is 0 Å². The second-order valence-electron chi connectivity index (χ2n) is 7.18. The molecular weight excluding hydrogens is 306 g/mol. The number of ether oxygens (including phenoxy) is 2. The lowest BCUT2D eigenvalue weighted by atomic mass is 10.1. The van der Waals surface area contributed by atoms with Crippen LogP contribution >= 0.6 is 0 Å². The first-order valence-electron chi connectivity index (χ1n) is 8.44. The third-order valence-corrected chi connectivity index (χ3v) is 4.08. The molecule has 0 aliphatic carbocycles. The van der Waals surface area contributed by atoms with Gasteiger partial charge < -0.3 is 19.7 Å². The summed E-state index contributed by atoms with van der Waals surface area (Å²) in [6.07, 6.45) is 3.20. The van der Waals surface area contributed by atoms with Crippen molar-refractivity contribution in [3.8, 4) is 5.75 Å². The topological polar surface area (TPSA) is 63.2 Å². The van der Waals surface area contributed by atoms with Gasteiger partial charge in [0.25, 0.3) is 0 Å². The summed E-state index contributed by atoms with van der Waals surface area (Å²) in [6, 6.07) is 6.00. The summed E-state index contributed by atoms with van der Waals surface area (Å²) in [6.45, 7) is 7.60. The van der Waals surface area contributed by atoms with Crippen molar-refractivity contribution >= 4 is 18.1 Å². The highest BCUT2D eigenvalue weighted by atomic mass is 16.6. The Labute approximate surface area is 142 Å². The SMILES string of the molecule is CC(C)(C)OC(=O)N1CCC(Oc2cccc3c2CN=CN3)CC1. The maximum absolute atomic E-state index is 12.1. The minimum absolute atomic E-state index is 0.112. The minimum Gasteiger partial charge on any atom is -0.490 e. The fourth-order valence-corrected chi connectivity index (χ4v) is 2.89. The van der Waals surface area contributed by atoms with Gasteiger partial charge in [0, 0.05) is 37.2 Å². The van der Waals surface area contributed by atoms with Crippen LogP contribution in [0.3, 0.4) is 0 Å². The monoisotopic (exact) mass is 331 g/mol. The zero-order chi connectivity index (χ0) is 17.2. The molecule has 24 heavy (non-hydrogen) atoms. The Morgan fingerprint density at radius 2 is 2.04 bits per heavy atom. The number of carbonyl (C=O) groups excluding carboxylic acids is 1. The van der Waals surface area contributed by atoms with Gasteiger partial charge >= 0.3 is 6.09 Å². The molecule has 3 rings (SSSR count). The Hall–Kier alpha value is -2.24. The number of hydrogen-bond donors (Lipinski definition) is 1. The van der Waals surface area contributed by atoms with Crippen LogP contribution in [0.1, 0.15) is 39.2 Å². The number of anilines is 1. The van der Waals surface area contributed by atoms with Gasteiger partial charge in [-0.05, 0) is 32.9 Å². The first-order valence-corrected chi connectivity index (χ1v) is 8.44. The van der Waals surface area contributed by atoms with E-state index in [9.17, 15) is 4.79 Å². The van der Waals surface area contributed by atoms with E-state index in [0.717, 1.165) is 29.8 Å². The van der Waals surface area contributed by atoms with E-state index in [1.807, 2.05) is 39.0 Å². The van der Waals surface area contributed by atoms with Crippen molar-refractivity contribution in [2.75, 3.05) is 18.4 Å². The summed E-state index contributed by atoms with van der Waals surface area (Å²) < 4.78 is 11.6. The van der Waals surface area contributed by atoms with Crippen LogP contribution in [0.2, 0.25) is 0 Å². The Kier molecular flexibility index (Phi) is 4.64. The maximum Gasteiger partial charge on any atom is 0.410 e. The standard InChI is InChI=1S/C18H25N3O3/c1-18(2,3)24-17(22)21-9-7-13(8-10-21)23-16-6-4-5-15-14(16)11-19-12-20-15/h4-6,12-13H,7-11H2,1-3H3,(H,19,20). The fraction of sp³-hybridized carbons (Fsp3) is 0.556. The molecule has 130 valence electrons. The van der Waals surface area contributed by atoms with Gasteiger partial charge in [0.2, 0.25) is 0 Å². The van der Waals surface area contributed by atoms with E-state index in [0.29, 0.717) is 19.6 Å². The van der Waals surface area contributed by atoms with Crippen LogP contribution in [0.25, 0.3) is 0 Å². The molecule has 0 radical (unpaired) electrons. The molecule has 2 heterocycles. The fourth-order valence-electron chi connectivity index (χ4n) is 2.89. The number of carbonyl (C=O) groups is 1. The van der Waals surface area contributed by atoms with Crippen LogP contribution in [-0.2, 0) is 11.3 Å². The normalized spacial score (nSPS) is 17.9. The number of nitrogens with one attached hydrogen (secondary N) is 1. The second kappa shape index (κ2) is 6.71. The molecule has 0 saturated carbocycles. The van der Waals surface area contributed by atoms with Crippen LogP contribution in [0.15, 0.2) is 23.2 Å². The van der Waals surface area contributed by atoms with Crippen LogP contribution < -0.4 is 10.1 Å². The quantitative estimate of drug-likeness (QED) is 0.902. The average molecular weight is 331 g/mol. The first-order chi connectivity index (χ1) is 11.4. The number of aliphatic imine (C=N–C) groups is 1. The summed E-state index contributed by atoms with van der Waals surface area (Å²) in [5.74, 6) is 0.882. The number of hydrogen-bond acceptors (Lipinski definition) is 5. The summed E-state index contributed by atoms with van der Waals surface area (Å²) in [7, 11) is 0. The first kappa shape index (κ1) is 16.6. The van der Waals surface area contributed by atoms with Crippen molar-refractivity contribution in [1.82, 2.24) is 4.90 Å². The molecule has 6 nitrogen and oxygen atoms in total. The van der Waals surface area contributed by atoms with Gasteiger partial charge in [0.1, 0.15) is 17.5 Å². The zero-order valence-electron chi connectivity index (χ0n) is 14.5. The summed E-state index contributed by atoms with van der Waals surface area (Å²) in [4.78, 5) is 18.1. The van der Waals surface area contributed by atoms with Crippen molar-refractivity contribution in [2.24, 2.45) is 4.99 Å². The number of fused-ring (bicyclic) bond motifs is 1. The number of piperidine rings is 1. The molecule has 1 N–H and O–H groups in total. The average Bonchev–Trinajstić information content (AvgIpc) is 2.54. The third kappa shape index (κ3) is 3.99. The third-order valence-electron chi connectivity index (χ3n) is 4.08. The smallest absolute Gasteiger partial charge is 0.410 e. The van der Waals surface area contributed by atoms with Crippen molar-refractivity contribution in [3.63, 3.8) is 0 Å². The number of amides is 1. The molecule has 0 spiro atoms. The Balaban J connectivity index is 1.56. The Morgan fingerprint density at radius 3 is 2.75 bits per heavy atom. The highest BCUT2D eigenvalue weighted by molar-refractivity contribution is 5.80. The minimum atomic E-state index is -0.457. The predicted octanol–water partition coefficient (Wildman–Crippen LogP) is 3.42. The Morgan fingerprint density at radius 1 is 1.29 bits per heavy atom. The molecule has 1 amide bonds. The van der Waals surface area contributed by atoms with Crippen molar-refractivity contribution in [3.05, 3.63) is 23.8 Å². The molecule has 0 bridgehead atoms. The van der Waals surface area contributed by atoms with E-state index in [1.54, 1.807) is 11.2 Å². The molecule has 1 aromatic rings. The van der Waals surface area contributed by atoms with Gasteiger partial charge in [-0.2, -0.15) is 0 Å². The highest BCUT2D eigenvalue weighted by Crippen LogP contribution is 2.31. The van der Waals surface area contributed by atoms with Crippen LogP contribution in [-0.4, -0.2) is 42.1 Å². The molecule has 2 aliphatic rings. The van der Waals surface area contributed by atoms with E-state index in [4.69, 9.17) is 9.47 Å². The van der Waals surface area contributed by atoms with E-state index in [1.165, 1.54) is 0 Å². The lowest BCUT2D eigenvalue weighted by Gasteiger charge is -2.34. The second-order valence-corrected chi connectivity index (χ2v) is 7.18. The van der Waals surface area contributed by atoms with E-state index >= 15 is 0 Å². The predicted molar refractivity (Wildman–Crippen MR) is 93.7 cm³/mol. The highest BCUT2D eigenvalue weighted by Gasteiger charge is 2.28. The zero-order valence-corrected chi connectivity index (χ0v) is 14.5. The Bertz CT molecular complexity index is 629. The molecule has 1 saturated heterocycles. The van der Waals surface area contributed by atoms with Crippen molar-refractivity contribution in [1.29, 1.82) is 0 Å². The number of likely N-dealkylation sites (tertiary alicyclic amines) is 1. The number of nitrogens with zero attached hydrogens (tertiary/aromatic N) is 2. The van der Waals surface area contributed by atoms with E-state index < -0.39 is 5.60 Å². The lowest BCUT2D eigenvalue weighted by Crippen LogP contribution is -2.44. The molecule has 0 atom stereocenters. The van der Waals surface area contributed by atoms with Gasteiger partial charge in [-0.1, -0.05) is 6.07 Å². The summed E-state index contributed by atoms with van der Waals surface area (Å²) in [5.41, 5.74) is 1.68. The molecule has 1 aromatic carbocycles. The van der Waals surface area contributed by atoms with Crippen LogP contribution in [0.4, 0.5) is 10.5 Å². The molecule has 0 aromatic heterocycles. The molecule has 1 fully saturated rings. The van der Waals surface area contributed by atoms with E-state index in [-0.39, 0.29) is 12.2 Å². The number of rotatable bonds is 2. The largest absolute Gasteiger partial charge is 0.490 e. The molecule has 0 unspecified atom stereocenters. The van der Waals surface area contributed by atoms with Gasteiger partial charge in [0.05, 0.1) is 12.9 Å². The summed E-state index contributed by atoms with van der Waals surface area (Å²) >= 11 is 0. The number of benzene rings is 1. The van der Waals surface area contributed by atoms with Crippen LogP contribution in [0, 0.1) is 0 Å². The van der Waals surface area contributed by atoms with Crippen LogP contribution in [0.5, 0.6) is 5.75 Å². The lowest BCUT2D eigenvalue weighted by molar-refractivity contribution is 0.0126. The maximum atomic E-state index is 12.1. The van der Waals surface area contributed by atoms with Gasteiger partial charge in [-0.25, -0.2) is 4.79 Å². The van der Waals surface area contributed by atoms with Gasteiger partial charge in [0.15, 0.2) is 0 Å². The molecule has 2 aliphatic heterocycles. The van der Waals surface area contributed by atoms with E-state index in [2.05, 4.69) is 10.3 Å². The van der Waals surface area contributed by atoms with Gasteiger partial charge in [-0.3, -0.25) is 4.99 Å². The summed E-state index contributed by atoms with van der Waals surface area (Å²) in [5, 5.41) is 3.14. The van der Waals surface area contributed by atoms with Crippen molar-refractivity contribution in [2.45, 2.75) is 51.9 Å². The van der Waals surface area contributed by atoms with Crippen molar-refractivity contribution < 1.29 is 14.3 Å². The molecular formula is C18H25N3O3. The molecule has 6 heteroatoms.